The number of thioether (sulfide) groups is 1. The highest BCUT2D eigenvalue weighted by Gasteiger charge is 2.15. The highest BCUT2D eigenvalue weighted by Crippen LogP contribution is 2.25. The normalized spacial score (nSPS) is 10.8. The van der Waals surface area contributed by atoms with E-state index in [4.69, 9.17) is 27.7 Å². The van der Waals surface area contributed by atoms with E-state index >= 15 is 0 Å². The van der Waals surface area contributed by atoms with E-state index in [9.17, 15) is 4.79 Å². The van der Waals surface area contributed by atoms with Crippen LogP contribution in [0.1, 0.15) is 11.5 Å². The number of hydrogen-bond acceptors (Lipinski definition) is 5. The first-order chi connectivity index (χ1) is 13.0. The maximum atomic E-state index is 12.3. The van der Waals surface area contributed by atoms with Crippen LogP contribution in [0.25, 0.3) is 11.4 Å². The lowest BCUT2D eigenvalue weighted by atomic mass is 10.2. The van der Waals surface area contributed by atoms with Gasteiger partial charge in [-0.25, -0.2) is 0 Å². The van der Waals surface area contributed by atoms with E-state index in [-0.39, 0.29) is 12.5 Å². The van der Waals surface area contributed by atoms with Crippen molar-refractivity contribution in [1.82, 2.24) is 15.0 Å². The lowest BCUT2D eigenvalue weighted by Gasteiger charge is -2.14. The van der Waals surface area contributed by atoms with Gasteiger partial charge in [-0.2, -0.15) is 4.98 Å². The van der Waals surface area contributed by atoms with Crippen LogP contribution in [0, 0.1) is 0 Å². The molecule has 0 aliphatic heterocycles. The van der Waals surface area contributed by atoms with Gasteiger partial charge in [0.05, 0.1) is 12.3 Å². The highest BCUT2D eigenvalue weighted by molar-refractivity contribution is 7.99. The van der Waals surface area contributed by atoms with Gasteiger partial charge in [-0.1, -0.05) is 64.8 Å². The standard InChI is InChI=1S/C19H17Cl2N3O2S/c1-24(10-17-22-19(23-26-17)13-5-3-2-4-6-13)18(25)12-27-11-14-7-8-15(20)9-16(14)21/h2-9H,10-12H2,1H3. The SMILES string of the molecule is CN(Cc1nc(-c2ccccc2)no1)C(=O)CSCc1ccc(Cl)cc1Cl. The molecule has 0 aliphatic rings. The summed E-state index contributed by atoms with van der Waals surface area (Å²) in [4.78, 5) is 18.2. The molecule has 1 heterocycles. The van der Waals surface area contributed by atoms with Crippen LogP contribution >= 0.6 is 35.0 Å². The fourth-order valence-corrected chi connectivity index (χ4v) is 3.84. The van der Waals surface area contributed by atoms with E-state index in [1.807, 2.05) is 36.4 Å². The van der Waals surface area contributed by atoms with Crippen molar-refractivity contribution in [2.24, 2.45) is 0 Å². The molecule has 0 saturated carbocycles. The van der Waals surface area contributed by atoms with Gasteiger partial charge in [0, 0.05) is 28.4 Å². The summed E-state index contributed by atoms with van der Waals surface area (Å²) in [6.07, 6.45) is 0. The van der Waals surface area contributed by atoms with Crippen LogP contribution in [0.15, 0.2) is 53.1 Å². The average Bonchev–Trinajstić information content (AvgIpc) is 3.12. The number of carbonyl (C=O) groups excluding carboxylic acids is 1. The van der Waals surface area contributed by atoms with Gasteiger partial charge in [0.15, 0.2) is 0 Å². The second kappa shape index (κ2) is 9.26. The lowest BCUT2D eigenvalue weighted by Crippen LogP contribution is -2.28. The van der Waals surface area contributed by atoms with Gasteiger partial charge in [0.1, 0.15) is 0 Å². The molecule has 1 aromatic heterocycles. The Morgan fingerprint density at radius 3 is 2.70 bits per heavy atom. The minimum Gasteiger partial charge on any atom is -0.337 e. The number of hydrogen-bond donors (Lipinski definition) is 0. The second-order valence-corrected chi connectivity index (χ2v) is 7.69. The van der Waals surface area contributed by atoms with Gasteiger partial charge in [0.2, 0.25) is 17.6 Å². The van der Waals surface area contributed by atoms with E-state index in [2.05, 4.69) is 10.1 Å². The number of halogens is 2. The summed E-state index contributed by atoms with van der Waals surface area (Å²) in [6, 6.07) is 14.9. The molecule has 3 rings (SSSR count). The first-order valence-corrected chi connectivity index (χ1v) is 10.1. The minimum atomic E-state index is -0.0236. The van der Waals surface area contributed by atoms with Crippen LogP contribution in [0.4, 0.5) is 0 Å². The van der Waals surface area contributed by atoms with E-state index in [0.717, 1.165) is 11.1 Å². The van der Waals surface area contributed by atoms with Gasteiger partial charge >= 0.3 is 0 Å². The van der Waals surface area contributed by atoms with Gasteiger partial charge in [0.25, 0.3) is 0 Å². The molecule has 2 aromatic carbocycles. The first kappa shape index (κ1) is 19.7. The summed E-state index contributed by atoms with van der Waals surface area (Å²) >= 11 is 13.5. The zero-order valence-corrected chi connectivity index (χ0v) is 16.9. The van der Waals surface area contributed by atoms with Crippen molar-refractivity contribution in [3.63, 3.8) is 0 Å². The molecular weight excluding hydrogens is 405 g/mol. The topological polar surface area (TPSA) is 59.2 Å². The number of carbonyl (C=O) groups is 1. The number of benzene rings is 2. The molecule has 0 fully saturated rings. The molecular formula is C19H17Cl2N3O2S. The van der Waals surface area contributed by atoms with Crippen LogP contribution in [0.5, 0.6) is 0 Å². The predicted molar refractivity (Wildman–Crippen MR) is 109 cm³/mol. The molecule has 0 unspecified atom stereocenters. The number of aromatic nitrogens is 2. The highest BCUT2D eigenvalue weighted by atomic mass is 35.5. The number of nitrogens with zero attached hydrogens (tertiary/aromatic N) is 3. The van der Waals surface area contributed by atoms with Crippen molar-refractivity contribution < 1.29 is 9.32 Å². The van der Waals surface area contributed by atoms with Crippen molar-refractivity contribution in [3.05, 3.63) is 70.0 Å². The molecule has 27 heavy (non-hydrogen) atoms. The van der Waals surface area contributed by atoms with Crippen molar-refractivity contribution in [1.29, 1.82) is 0 Å². The van der Waals surface area contributed by atoms with Crippen LogP contribution in [-0.2, 0) is 17.1 Å². The lowest BCUT2D eigenvalue weighted by molar-refractivity contribution is -0.127. The van der Waals surface area contributed by atoms with Gasteiger partial charge in [-0.3, -0.25) is 4.79 Å². The molecule has 1 amide bonds. The maximum absolute atomic E-state index is 12.3. The third kappa shape index (κ3) is 5.48. The Balaban J connectivity index is 1.50. The largest absolute Gasteiger partial charge is 0.337 e. The van der Waals surface area contributed by atoms with Gasteiger partial charge in [-0.05, 0) is 17.7 Å². The molecule has 0 aliphatic carbocycles. The molecule has 0 bridgehead atoms. The summed E-state index contributed by atoms with van der Waals surface area (Å²) in [5, 5.41) is 5.17. The fourth-order valence-electron chi connectivity index (χ4n) is 2.31. The first-order valence-electron chi connectivity index (χ1n) is 8.16. The molecule has 8 heteroatoms. The Hall–Kier alpha value is -2.02. The van der Waals surface area contributed by atoms with Crippen molar-refractivity contribution >= 4 is 40.9 Å². The maximum Gasteiger partial charge on any atom is 0.246 e. The van der Waals surface area contributed by atoms with Crippen LogP contribution < -0.4 is 0 Å². The Morgan fingerprint density at radius 2 is 1.96 bits per heavy atom. The van der Waals surface area contributed by atoms with Crippen LogP contribution in [0.2, 0.25) is 10.0 Å². The molecule has 3 aromatic rings. The minimum absolute atomic E-state index is 0.0236. The van der Waals surface area contributed by atoms with E-state index in [0.29, 0.717) is 33.3 Å². The fraction of sp³-hybridized carbons (Fsp3) is 0.211. The number of rotatable bonds is 7. The van der Waals surface area contributed by atoms with Gasteiger partial charge in [-0.15, -0.1) is 11.8 Å². The molecule has 0 N–H and O–H groups in total. The molecule has 5 nitrogen and oxygen atoms in total. The summed E-state index contributed by atoms with van der Waals surface area (Å²) in [5.74, 6) is 1.85. The summed E-state index contributed by atoms with van der Waals surface area (Å²) < 4.78 is 5.25. The van der Waals surface area contributed by atoms with E-state index in [1.54, 1.807) is 24.1 Å². The number of amides is 1. The van der Waals surface area contributed by atoms with Crippen LogP contribution in [-0.4, -0.2) is 33.7 Å². The summed E-state index contributed by atoms with van der Waals surface area (Å²) in [6.45, 7) is 0.265. The molecule has 140 valence electrons. The Bertz CT molecular complexity index is 918. The Kier molecular flexibility index (Phi) is 6.77. The van der Waals surface area contributed by atoms with E-state index in [1.165, 1.54) is 11.8 Å². The Morgan fingerprint density at radius 1 is 1.19 bits per heavy atom. The smallest absolute Gasteiger partial charge is 0.246 e. The van der Waals surface area contributed by atoms with Crippen molar-refractivity contribution in [3.8, 4) is 11.4 Å². The summed E-state index contributed by atoms with van der Waals surface area (Å²) in [5.41, 5.74) is 1.82. The third-order valence-electron chi connectivity index (χ3n) is 3.80. The zero-order valence-electron chi connectivity index (χ0n) is 14.6. The quantitative estimate of drug-likeness (QED) is 0.540. The second-order valence-electron chi connectivity index (χ2n) is 5.86. The van der Waals surface area contributed by atoms with Crippen LogP contribution in [0.3, 0.4) is 0 Å². The predicted octanol–water partition coefficient (Wildman–Crippen LogP) is 4.94. The van der Waals surface area contributed by atoms with Gasteiger partial charge < -0.3 is 9.42 Å². The zero-order chi connectivity index (χ0) is 19.2. The van der Waals surface area contributed by atoms with Crippen molar-refractivity contribution in [2.45, 2.75) is 12.3 Å². The molecule has 0 saturated heterocycles. The molecule has 0 radical (unpaired) electrons. The Labute approximate surface area is 171 Å². The third-order valence-corrected chi connectivity index (χ3v) is 5.35. The van der Waals surface area contributed by atoms with E-state index < -0.39 is 0 Å². The monoisotopic (exact) mass is 421 g/mol. The summed E-state index contributed by atoms with van der Waals surface area (Å²) in [7, 11) is 1.71. The molecule has 0 spiro atoms. The average molecular weight is 422 g/mol. The molecule has 0 atom stereocenters. The van der Waals surface area contributed by atoms with Crippen molar-refractivity contribution in [2.75, 3.05) is 12.8 Å².